The summed E-state index contributed by atoms with van der Waals surface area (Å²) in [5.41, 5.74) is 2.43. The first-order valence-electron chi connectivity index (χ1n) is 4.98. The van der Waals surface area contributed by atoms with Crippen LogP contribution >= 0.6 is 0 Å². The van der Waals surface area contributed by atoms with Crippen molar-refractivity contribution in [3.05, 3.63) is 23.7 Å². The molecular formula is C10H11N5. The van der Waals surface area contributed by atoms with Crippen molar-refractivity contribution in [1.82, 2.24) is 14.9 Å². The molecule has 76 valence electrons. The van der Waals surface area contributed by atoms with Gasteiger partial charge in [-0.05, 0) is 0 Å². The van der Waals surface area contributed by atoms with Gasteiger partial charge in [-0.1, -0.05) is 0 Å². The zero-order chi connectivity index (χ0) is 10.3. The summed E-state index contributed by atoms with van der Waals surface area (Å²) < 4.78 is 0. The summed E-state index contributed by atoms with van der Waals surface area (Å²) in [6.45, 7) is 2.51. The number of nitriles is 1. The van der Waals surface area contributed by atoms with E-state index in [1.54, 1.807) is 0 Å². The van der Waals surface area contributed by atoms with E-state index in [2.05, 4.69) is 32.2 Å². The van der Waals surface area contributed by atoms with Gasteiger partial charge in [-0.2, -0.15) is 10.3 Å². The van der Waals surface area contributed by atoms with E-state index in [4.69, 9.17) is 5.26 Å². The molecule has 0 radical (unpaired) electrons. The number of rotatable bonds is 2. The standard InChI is InChI=1S/C10H11N5/c11-2-1-3-15-10-6-13-7-12-4-9(10)5-14(15)8-13/h4,6-7H,1,3,5,8H2. The predicted octanol–water partition coefficient (Wildman–Crippen LogP) is 0.473. The van der Waals surface area contributed by atoms with Crippen LogP contribution in [-0.4, -0.2) is 41.0 Å². The lowest BCUT2D eigenvalue weighted by molar-refractivity contribution is 0.0114. The van der Waals surface area contributed by atoms with Gasteiger partial charge in [0.25, 0.3) is 0 Å². The van der Waals surface area contributed by atoms with E-state index >= 15 is 0 Å². The lowest BCUT2D eigenvalue weighted by Gasteiger charge is -2.36. The molecule has 0 aromatic rings. The summed E-state index contributed by atoms with van der Waals surface area (Å²) in [5.74, 6) is 0. The third-order valence-electron chi connectivity index (χ3n) is 2.80. The second-order valence-electron chi connectivity index (χ2n) is 3.78. The number of aliphatic imine (C=N–C) groups is 1. The van der Waals surface area contributed by atoms with Crippen LogP contribution in [0.4, 0.5) is 0 Å². The Morgan fingerprint density at radius 1 is 1.53 bits per heavy atom. The van der Waals surface area contributed by atoms with Gasteiger partial charge in [0.1, 0.15) is 0 Å². The van der Waals surface area contributed by atoms with Crippen LogP contribution in [0.3, 0.4) is 0 Å². The summed E-state index contributed by atoms with van der Waals surface area (Å²) in [5, 5.41) is 13.0. The van der Waals surface area contributed by atoms with E-state index in [0.29, 0.717) is 6.42 Å². The fourth-order valence-corrected chi connectivity index (χ4v) is 2.15. The van der Waals surface area contributed by atoms with Crippen molar-refractivity contribution >= 4 is 6.34 Å². The Balaban J connectivity index is 1.92. The molecule has 5 heteroatoms. The van der Waals surface area contributed by atoms with Gasteiger partial charge in [0.15, 0.2) is 0 Å². The topological polar surface area (TPSA) is 45.9 Å². The van der Waals surface area contributed by atoms with E-state index in [0.717, 1.165) is 19.8 Å². The van der Waals surface area contributed by atoms with E-state index in [9.17, 15) is 0 Å². The van der Waals surface area contributed by atoms with Crippen LogP contribution in [0.15, 0.2) is 28.7 Å². The van der Waals surface area contributed by atoms with Gasteiger partial charge in [0, 0.05) is 31.1 Å². The highest BCUT2D eigenvalue weighted by molar-refractivity contribution is 5.61. The molecule has 1 atom stereocenters. The highest BCUT2D eigenvalue weighted by atomic mass is 15.7. The molecule has 3 aliphatic rings. The van der Waals surface area contributed by atoms with E-state index in [1.807, 2.05) is 12.5 Å². The van der Waals surface area contributed by atoms with E-state index in [-0.39, 0.29) is 0 Å². The van der Waals surface area contributed by atoms with Crippen LogP contribution < -0.4 is 0 Å². The van der Waals surface area contributed by atoms with Gasteiger partial charge in [0.2, 0.25) is 0 Å². The van der Waals surface area contributed by atoms with Crippen LogP contribution in [0.1, 0.15) is 6.42 Å². The second-order valence-corrected chi connectivity index (χ2v) is 3.78. The Morgan fingerprint density at radius 3 is 3.33 bits per heavy atom. The maximum absolute atomic E-state index is 8.61. The Morgan fingerprint density at radius 2 is 2.47 bits per heavy atom. The summed E-state index contributed by atoms with van der Waals surface area (Å²) in [6, 6.07) is 2.18. The minimum absolute atomic E-state index is 0.558. The average molecular weight is 201 g/mol. The molecule has 0 amide bonds. The first kappa shape index (κ1) is 8.50. The Bertz CT molecular complexity index is 414. The molecule has 5 nitrogen and oxygen atoms in total. The quantitative estimate of drug-likeness (QED) is 0.651. The smallest absolute Gasteiger partial charge is 0.0957 e. The highest BCUT2D eigenvalue weighted by Crippen LogP contribution is 2.32. The van der Waals surface area contributed by atoms with Gasteiger partial charge in [-0.15, -0.1) is 0 Å². The number of fused-ring (bicyclic) bond motifs is 2. The zero-order valence-electron chi connectivity index (χ0n) is 8.30. The van der Waals surface area contributed by atoms with Crippen LogP contribution in [0.25, 0.3) is 0 Å². The normalized spacial score (nSPS) is 26.2. The SMILES string of the molecule is N#CCCN1C2=CN3C=NC=C2CN1C3. The molecule has 3 heterocycles. The third-order valence-corrected chi connectivity index (χ3v) is 2.80. The van der Waals surface area contributed by atoms with Crippen LogP contribution in [0.5, 0.6) is 0 Å². The fraction of sp³-hybridized carbons (Fsp3) is 0.400. The van der Waals surface area contributed by atoms with Gasteiger partial charge >= 0.3 is 0 Å². The molecule has 0 N–H and O–H groups in total. The molecule has 1 unspecified atom stereocenters. The van der Waals surface area contributed by atoms with Crippen LogP contribution in [-0.2, 0) is 0 Å². The van der Waals surface area contributed by atoms with Crippen molar-refractivity contribution in [3.8, 4) is 6.07 Å². The lowest BCUT2D eigenvalue weighted by atomic mass is 10.2. The minimum Gasteiger partial charge on any atom is -0.322 e. The molecule has 0 aromatic heterocycles. The van der Waals surface area contributed by atoms with Crippen LogP contribution in [0, 0.1) is 11.3 Å². The highest BCUT2D eigenvalue weighted by Gasteiger charge is 2.35. The molecule has 0 aliphatic carbocycles. The maximum atomic E-state index is 8.61. The first-order valence-corrected chi connectivity index (χ1v) is 4.98. The van der Waals surface area contributed by atoms with Crippen molar-refractivity contribution in [2.75, 3.05) is 19.8 Å². The Hall–Kier alpha value is -1.80. The fourth-order valence-electron chi connectivity index (χ4n) is 2.15. The molecule has 3 rings (SSSR count). The molecule has 3 aliphatic heterocycles. The van der Waals surface area contributed by atoms with Crippen molar-refractivity contribution in [1.29, 1.82) is 5.26 Å². The summed E-state index contributed by atoms with van der Waals surface area (Å²) in [7, 11) is 0. The summed E-state index contributed by atoms with van der Waals surface area (Å²) in [4.78, 5) is 6.28. The number of nitrogens with zero attached hydrogens (tertiary/aromatic N) is 5. The molecule has 3 bridgehead atoms. The molecule has 1 saturated heterocycles. The zero-order valence-corrected chi connectivity index (χ0v) is 8.30. The Labute approximate surface area is 88.2 Å². The summed E-state index contributed by atoms with van der Waals surface area (Å²) in [6.07, 6.45) is 6.40. The largest absolute Gasteiger partial charge is 0.322 e. The van der Waals surface area contributed by atoms with Gasteiger partial charge in [-0.3, -0.25) is 0 Å². The maximum Gasteiger partial charge on any atom is 0.0957 e. The molecule has 0 spiro atoms. The van der Waals surface area contributed by atoms with Crippen molar-refractivity contribution < 1.29 is 0 Å². The van der Waals surface area contributed by atoms with Gasteiger partial charge < -0.3 is 9.91 Å². The number of hydrogen-bond acceptors (Lipinski definition) is 5. The van der Waals surface area contributed by atoms with E-state index < -0.39 is 0 Å². The first-order chi connectivity index (χ1) is 7.38. The van der Waals surface area contributed by atoms with E-state index in [1.165, 1.54) is 11.3 Å². The summed E-state index contributed by atoms with van der Waals surface area (Å²) >= 11 is 0. The molecular weight excluding hydrogens is 190 g/mol. The molecule has 15 heavy (non-hydrogen) atoms. The Kier molecular flexibility index (Phi) is 1.76. The predicted molar refractivity (Wildman–Crippen MR) is 55.0 cm³/mol. The van der Waals surface area contributed by atoms with Gasteiger partial charge in [-0.25, -0.2) is 4.99 Å². The minimum atomic E-state index is 0.558. The lowest BCUT2D eigenvalue weighted by Crippen LogP contribution is -2.45. The van der Waals surface area contributed by atoms with Crippen molar-refractivity contribution in [3.63, 3.8) is 0 Å². The van der Waals surface area contributed by atoms with Crippen LogP contribution in [0.2, 0.25) is 0 Å². The molecule has 0 saturated carbocycles. The van der Waals surface area contributed by atoms with Gasteiger partial charge in [0.05, 0.1) is 31.2 Å². The average Bonchev–Trinajstić information content (AvgIpc) is 2.38. The van der Waals surface area contributed by atoms with Crippen molar-refractivity contribution in [2.45, 2.75) is 6.42 Å². The molecule has 1 fully saturated rings. The monoisotopic (exact) mass is 201 g/mol. The number of hydrogen-bond donors (Lipinski definition) is 0. The molecule has 0 aromatic carbocycles. The number of hydrazine groups is 1. The third kappa shape index (κ3) is 1.22. The van der Waals surface area contributed by atoms with Crippen molar-refractivity contribution in [2.24, 2.45) is 4.99 Å². The second kappa shape index (κ2) is 3.11.